The van der Waals surface area contributed by atoms with Crippen molar-refractivity contribution in [2.75, 3.05) is 6.54 Å². The van der Waals surface area contributed by atoms with Crippen LogP contribution in [-0.4, -0.2) is 27.8 Å². The molecule has 1 fully saturated rings. The lowest BCUT2D eigenvalue weighted by molar-refractivity contribution is 0.0796. The Morgan fingerprint density at radius 2 is 2.19 bits per heavy atom. The van der Waals surface area contributed by atoms with Crippen LogP contribution in [0.15, 0.2) is 42.7 Å². The maximum Gasteiger partial charge on any atom is 0.183 e. The van der Waals surface area contributed by atoms with Crippen LogP contribution in [-0.2, 0) is 6.42 Å². The third-order valence-electron chi connectivity index (χ3n) is 5.91. The number of piperidine rings is 1. The number of fused-ring (bicyclic) bond motifs is 4. The van der Waals surface area contributed by atoms with E-state index in [9.17, 15) is 10.1 Å². The quantitative estimate of drug-likeness (QED) is 0.701. The largest absolute Gasteiger partial charge is 0.345 e. The van der Waals surface area contributed by atoms with Gasteiger partial charge in [-0.25, -0.2) is 4.98 Å². The SMILES string of the molecule is N#Cc1ccc2c(c1)[C@@H]1CCCN[C@]1(C(=O)c1ccc3nc[nH]c3c1)C2. The highest BCUT2D eigenvalue weighted by Gasteiger charge is 2.52. The van der Waals surface area contributed by atoms with Gasteiger partial charge in [-0.15, -0.1) is 0 Å². The number of aromatic nitrogens is 2. The molecule has 3 aromatic rings. The third kappa shape index (κ3) is 2.06. The second kappa shape index (κ2) is 5.52. The second-order valence-corrected chi connectivity index (χ2v) is 7.26. The fourth-order valence-electron chi connectivity index (χ4n) is 4.70. The number of benzene rings is 2. The summed E-state index contributed by atoms with van der Waals surface area (Å²) in [5.41, 5.74) is 4.84. The lowest BCUT2D eigenvalue weighted by Crippen LogP contribution is -2.58. The maximum atomic E-state index is 13.6. The number of hydrogen-bond donors (Lipinski definition) is 2. The number of nitrogens with zero attached hydrogens (tertiary/aromatic N) is 2. The van der Waals surface area contributed by atoms with Crippen LogP contribution in [0, 0.1) is 11.3 Å². The smallest absolute Gasteiger partial charge is 0.183 e. The van der Waals surface area contributed by atoms with Gasteiger partial charge < -0.3 is 10.3 Å². The fourth-order valence-corrected chi connectivity index (χ4v) is 4.70. The number of carbonyl (C=O) groups is 1. The highest BCUT2D eigenvalue weighted by Crippen LogP contribution is 2.47. The van der Waals surface area contributed by atoms with E-state index < -0.39 is 5.54 Å². The highest BCUT2D eigenvalue weighted by molar-refractivity contribution is 6.06. The molecule has 2 heterocycles. The van der Waals surface area contributed by atoms with Crippen LogP contribution in [0.5, 0.6) is 0 Å². The van der Waals surface area contributed by atoms with Crippen molar-refractivity contribution >= 4 is 16.8 Å². The molecule has 26 heavy (non-hydrogen) atoms. The number of nitriles is 1. The zero-order valence-corrected chi connectivity index (χ0v) is 14.2. The van der Waals surface area contributed by atoms with Crippen molar-refractivity contribution in [3.8, 4) is 6.07 Å². The molecule has 0 amide bonds. The van der Waals surface area contributed by atoms with E-state index >= 15 is 0 Å². The molecule has 2 aromatic carbocycles. The summed E-state index contributed by atoms with van der Waals surface area (Å²) in [5.74, 6) is 0.248. The predicted octanol–water partition coefficient (Wildman–Crippen LogP) is 3.08. The van der Waals surface area contributed by atoms with Crippen molar-refractivity contribution in [1.29, 1.82) is 5.26 Å². The Labute approximate surface area is 151 Å². The lowest BCUT2D eigenvalue weighted by Gasteiger charge is -2.39. The molecule has 1 saturated heterocycles. The van der Waals surface area contributed by atoms with E-state index in [2.05, 4.69) is 21.4 Å². The second-order valence-electron chi connectivity index (χ2n) is 7.26. The van der Waals surface area contributed by atoms with Crippen molar-refractivity contribution in [3.05, 3.63) is 65.0 Å². The molecule has 0 bridgehead atoms. The van der Waals surface area contributed by atoms with Gasteiger partial charge in [0.1, 0.15) is 0 Å². The van der Waals surface area contributed by atoms with E-state index in [0.717, 1.165) is 36.0 Å². The molecule has 0 radical (unpaired) electrons. The van der Waals surface area contributed by atoms with Crippen molar-refractivity contribution in [2.45, 2.75) is 30.7 Å². The fraction of sp³-hybridized carbons (Fsp3) is 0.286. The van der Waals surface area contributed by atoms with Gasteiger partial charge in [0.2, 0.25) is 0 Å². The number of hydrogen-bond acceptors (Lipinski definition) is 4. The monoisotopic (exact) mass is 342 g/mol. The zero-order chi connectivity index (χ0) is 17.7. The average molecular weight is 342 g/mol. The molecule has 0 saturated carbocycles. The minimum atomic E-state index is -0.609. The molecule has 5 rings (SSSR count). The Balaban J connectivity index is 1.61. The summed E-state index contributed by atoms with van der Waals surface area (Å²) in [4.78, 5) is 21.0. The lowest BCUT2D eigenvalue weighted by atomic mass is 9.74. The van der Waals surface area contributed by atoms with Gasteiger partial charge in [0.05, 0.1) is 34.5 Å². The van der Waals surface area contributed by atoms with Crippen molar-refractivity contribution in [1.82, 2.24) is 15.3 Å². The molecule has 5 nitrogen and oxygen atoms in total. The number of carbonyl (C=O) groups excluding carboxylic acids is 1. The summed E-state index contributed by atoms with van der Waals surface area (Å²) < 4.78 is 0. The number of Topliss-reactive ketones (excluding diaryl/α,β-unsaturated/α-hetero) is 1. The Morgan fingerprint density at radius 3 is 3.08 bits per heavy atom. The summed E-state index contributed by atoms with van der Waals surface area (Å²) >= 11 is 0. The van der Waals surface area contributed by atoms with Gasteiger partial charge in [0, 0.05) is 11.5 Å². The van der Waals surface area contributed by atoms with E-state index in [0.29, 0.717) is 17.5 Å². The molecule has 2 atom stereocenters. The first-order valence-corrected chi connectivity index (χ1v) is 8.97. The minimum absolute atomic E-state index is 0.115. The molecular weight excluding hydrogens is 324 g/mol. The molecule has 1 aliphatic carbocycles. The van der Waals surface area contributed by atoms with Gasteiger partial charge in [-0.2, -0.15) is 5.26 Å². The van der Waals surface area contributed by atoms with Crippen LogP contribution in [0.1, 0.15) is 45.8 Å². The van der Waals surface area contributed by atoms with Crippen molar-refractivity contribution < 1.29 is 4.79 Å². The molecular formula is C21H18N4O. The maximum absolute atomic E-state index is 13.6. The van der Waals surface area contributed by atoms with Crippen LogP contribution < -0.4 is 5.32 Å². The molecule has 128 valence electrons. The van der Waals surface area contributed by atoms with E-state index in [1.54, 1.807) is 6.33 Å². The number of ketones is 1. The van der Waals surface area contributed by atoms with Crippen molar-refractivity contribution in [3.63, 3.8) is 0 Å². The molecule has 0 unspecified atom stereocenters. The highest BCUT2D eigenvalue weighted by atomic mass is 16.1. The van der Waals surface area contributed by atoms with E-state index in [1.807, 2.05) is 36.4 Å². The summed E-state index contributed by atoms with van der Waals surface area (Å²) in [6.45, 7) is 0.841. The molecule has 0 spiro atoms. The van der Waals surface area contributed by atoms with Crippen molar-refractivity contribution in [2.24, 2.45) is 0 Å². The van der Waals surface area contributed by atoms with E-state index in [-0.39, 0.29) is 11.7 Å². The number of H-pyrrole nitrogens is 1. The number of imidazole rings is 1. The first-order chi connectivity index (χ1) is 12.7. The Kier molecular flexibility index (Phi) is 3.25. The Bertz CT molecular complexity index is 1080. The van der Waals surface area contributed by atoms with E-state index in [1.165, 1.54) is 5.56 Å². The molecule has 2 aliphatic rings. The van der Waals surface area contributed by atoms with Gasteiger partial charge in [0.25, 0.3) is 0 Å². The summed E-state index contributed by atoms with van der Waals surface area (Å²) in [5, 5.41) is 12.8. The Morgan fingerprint density at radius 1 is 1.27 bits per heavy atom. The minimum Gasteiger partial charge on any atom is -0.345 e. The normalized spacial score (nSPS) is 24.0. The number of nitrogens with one attached hydrogen (secondary N) is 2. The molecule has 2 N–H and O–H groups in total. The van der Waals surface area contributed by atoms with Gasteiger partial charge in [-0.05, 0) is 67.3 Å². The summed E-state index contributed by atoms with van der Waals surface area (Å²) in [6.07, 6.45) is 4.33. The molecule has 1 aliphatic heterocycles. The first-order valence-electron chi connectivity index (χ1n) is 8.97. The van der Waals surface area contributed by atoms with Crippen LogP contribution in [0.4, 0.5) is 0 Å². The van der Waals surface area contributed by atoms with E-state index in [4.69, 9.17) is 0 Å². The van der Waals surface area contributed by atoms with Crippen LogP contribution >= 0.6 is 0 Å². The number of aromatic amines is 1. The molecule has 5 heteroatoms. The van der Waals surface area contributed by atoms with Gasteiger partial charge in [0.15, 0.2) is 5.78 Å². The van der Waals surface area contributed by atoms with Crippen LogP contribution in [0.25, 0.3) is 11.0 Å². The topological polar surface area (TPSA) is 81.6 Å². The molecule has 1 aromatic heterocycles. The first kappa shape index (κ1) is 15.3. The van der Waals surface area contributed by atoms with Crippen LogP contribution in [0.2, 0.25) is 0 Å². The predicted molar refractivity (Wildman–Crippen MR) is 98.0 cm³/mol. The Hall–Kier alpha value is -2.97. The van der Waals surface area contributed by atoms with Gasteiger partial charge in [-0.3, -0.25) is 4.79 Å². The summed E-state index contributed by atoms with van der Waals surface area (Å²) in [6, 6.07) is 13.7. The average Bonchev–Trinajstić information content (AvgIpc) is 3.28. The van der Waals surface area contributed by atoms with Gasteiger partial charge >= 0.3 is 0 Å². The van der Waals surface area contributed by atoms with Crippen LogP contribution in [0.3, 0.4) is 0 Å². The zero-order valence-electron chi connectivity index (χ0n) is 14.2. The summed E-state index contributed by atoms with van der Waals surface area (Å²) in [7, 11) is 0. The third-order valence-corrected chi connectivity index (χ3v) is 5.91. The standard InChI is InChI=1S/C21H18N4O/c22-11-13-3-4-15-10-21(17(16(15)8-13)2-1-7-25-21)20(26)14-5-6-18-19(9-14)24-12-23-18/h3-6,8-9,12,17,25H,1-2,7,10H2,(H,23,24)/t17-,21+/m0/s1. The van der Waals surface area contributed by atoms with Gasteiger partial charge in [-0.1, -0.05) is 6.07 Å². The number of rotatable bonds is 2.